The molecule has 1 heterocycles. The van der Waals surface area contributed by atoms with Gasteiger partial charge in [0.05, 0.1) is 0 Å². The van der Waals surface area contributed by atoms with Gasteiger partial charge in [0.2, 0.25) is 0 Å². The molecule has 4 rings (SSSR count). The number of nitrogens with one attached hydrogen (secondary N) is 1. The topological polar surface area (TPSA) is 73.6 Å². The van der Waals surface area contributed by atoms with Gasteiger partial charge in [-0.3, -0.25) is 4.79 Å². The van der Waals surface area contributed by atoms with E-state index in [0.717, 1.165) is 12.8 Å². The number of carbonyl (C=O) groups is 1. The molecule has 2 saturated carbocycles. The SMILES string of the molecule is NC1CC2CCCC(C1)C2NC(=O)c1ccc2c(c1)OCCO2. The first-order chi connectivity index (χ1) is 11.2. The van der Waals surface area contributed by atoms with Crippen molar-refractivity contribution >= 4 is 5.91 Å². The Morgan fingerprint density at radius 2 is 1.78 bits per heavy atom. The third-order valence-corrected chi connectivity index (χ3v) is 5.48. The zero-order chi connectivity index (χ0) is 15.8. The van der Waals surface area contributed by atoms with Crippen LogP contribution in [0.4, 0.5) is 0 Å². The van der Waals surface area contributed by atoms with E-state index >= 15 is 0 Å². The molecule has 3 aliphatic rings. The molecule has 1 amide bonds. The molecule has 2 bridgehead atoms. The fourth-order valence-corrected chi connectivity index (χ4v) is 4.44. The smallest absolute Gasteiger partial charge is 0.251 e. The summed E-state index contributed by atoms with van der Waals surface area (Å²) in [5.41, 5.74) is 6.80. The molecule has 23 heavy (non-hydrogen) atoms. The molecule has 2 unspecified atom stereocenters. The molecule has 3 N–H and O–H groups in total. The number of carbonyl (C=O) groups excluding carboxylic acids is 1. The molecule has 0 aromatic heterocycles. The molecule has 5 heteroatoms. The van der Waals surface area contributed by atoms with Crippen LogP contribution in [-0.4, -0.2) is 31.2 Å². The van der Waals surface area contributed by atoms with E-state index < -0.39 is 0 Å². The van der Waals surface area contributed by atoms with E-state index in [-0.39, 0.29) is 11.9 Å². The normalized spacial score (nSPS) is 32.2. The number of fused-ring (bicyclic) bond motifs is 3. The van der Waals surface area contributed by atoms with E-state index in [1.54, 1.807) is 6.07 Å². The second-order valence-corrected chi connectivity index (χ2v) is 7.04. The van der Waals surface area contributed by atoms with Crippen molar-refractivity contribution in [3.63, 3.8) is 0 Å². The second kappa shape index (κ2) is 6.04. The minimum atomic E-state index is -0.0145. The Bertz CT molecular complexity index is 590. The number of amides is 1. The molecule has 1 aromatic rings. The lowest BCUT2D eigenvalue weighted by atomic mass is 9.67. The van der Waals surface area contributed by atoms with Crippen LogP contribution in [0.15, 0.2) is 18.2 Å². The number of ether oxygens (including phenoxy) is 2. The summed E-state index contributed by atoms with van der Waals surface area (Å²) in [5, 5.41) is 3.27. The number of hydrogen-bond acceptors (Lipinski definition) is 4. The monoisotopic (exact) mass is 316 g/mol. The van der Waals surface area contributed by atoms with Crippen LogP contribution in [0.3, 0.4) is 0 Å². The van der Waals surface area contributed by atoms with Gasteiger partial charge in [-0.15, -0.1) is 0 Å². The summed E-state index contributed by atoms with van der Waals surface area (Å²) >= 11 is 0. The molecular weight excluding hydrogens is 292 g/mol. The molecule has 124 valence electrons. The van der Waals surface area contributed by atoms with Crippen molar-refractivity contribution < 1.29 is 14.3 Å². The highest BCUT2D eigenvalue weighted by molar-refractivity contribution is 5.95. The molecule has 1 aromatic carbocycles. The van der Waals surface area contributed by atoms with Gasteiger partial charge in [0, 0.05) is 17.6 Å². The maximum absolute atomic E-state index is 12.7. The zero-order valence-corrected chi connectivity index (χ0v) is 13.3. The van der Waals surface area contributed by atoms with Crippen LogP contribution < -0.4 is 20.5 Å². The maximum Gasteiger partial charge on any atom is 0.251 e. The molecule has 1 aliphatic heterocycles. The molecule has 0 spiro atoms. The van der Waals surface area contributed by atoms with Crippen molar-refractivity contribution in [2.24, 2.45) is 17.6 Å². The molecule has 0 saturated heterocycles. The number of benzene rings is 1. The lowest BCUT2D eigenvalue weighted by molar-refractivity contribution is 0.0755. The Morgan fingerprint density at radius 1 is 1.09 bits per heavy atom. The summed E-state index contributed by atoms with van der Waals surface area (Å²) in [6, 6.07) is 5.99. The van der Waals surface area contributed by atoms with Gasteiger partial charge in [-0.05, 0) is 55.7 Å². The molecule has 5 nitrogen and oxygen atoms in total. The van der Waals surface area contributed by atoms with Gasteiger partial charge in [-0.25, -0.2) is 0 Å². The van der Waals surface area contributed by atoms with Gasteiger partial charge < -0.3 is 20.5 Å². The van der Waals surface area contributed by atoms with Crippen molar-refractivity contribution in [2.45, 2.75) is 44.2 Å². The molecule has 0 radical (unpaired) electrons. The Kier molecular flexibility index (Phi) is 3.89. The van der Waals surface area contributed by atoms with Crippen molar-refractivity contribution in [3.05, 3.63) is 23.8 Å². The van der Waals surface area contributed by atoms with Gasteiger partial charge in [-0.1, -0.05) is 6.42 Å². The first-order valence-corrected chi connectivity index (χ1v) is 8.67. The van der Waals surface area contributed by atoms with Gasteiger partial charge >= 0.3 is 0 Å². The Morgan fingerprint density at radius 3 is 2.52 bits per heavy atom. The van der Waals surface area contributed by atoms with E-state index in [1.807, 2.05) is 12.1 Å². The highest BCUT2D eigenvalue weighted by atomic mass is 16.6. The van der Waals surface area contributed by atoms with E-state index in [4.69, 9.17) is 15.2 Å². The second-order valence-electron chi connectivity index (χ2n) is 7.04. The predicted octanol–water partition coefficient (Wildman–Crippen LogP) is 2.09. The number of hydrogen-bond donors (Lipinski definition) is 2. The number of rotatable bonds is 2. The van der Waals surface area contributed by atoms with Crippen molar-refractivity contribution in [1.82, 2.24) is 5.32 Å². The van der Waals surface area contributed by atoms with Gasteiger partial charge in [0.25, 0.3) is 5.91 Å². The molecule has 2 fully saturated rings. The van der Waals surface area contributed by atoms with Crippen molar-refractivity contribution in [1.29, 1.82) is 0 Å². The zero-order valence-electron chi connectivity index (χ0n) is 13.3. The average Bonchev–Trinajstić information content (AvgIpc) is 2.55. The van der Waals surface area contributed by atoms with Crippen LogP contribution in [0.25, 0.3) is 0 Å². The number of nitrogens with two attached hydrogens (primary N) is 1. The largest absolute Gasteiger partial charge is 0.486 e. The summed E-state index contributed by atoms with van der Waals surface area (Å²) in [5.74, 6) is 2.42. The van der Waals surface area contributed by atoms with Gasteiger partial charge in [-0.2, -0.15) is 0 Å². The standard InChI is InChI=1S/C18H24N2O3/c19-14-8-11-2-1-3-12(9-14)17(11)20-18(21)13-4-5-15-16(10-13)23-7-6-22-15/h4-5,10-12,14,17H,1-3,6-9,19H2,(H,20,21). The van der Waals surface area contributed by atoms with Gasteiger partial charge in [0.1, 0.15) is 13.2 Å². The molecular formula is C18H24N2O3. The summed E-state index contributed by atoms with van der Waals surface area (Å²) in [6.07, 6.45) is 5.68. The van der Waals surface area contributed by atoms with E-state index in [1.165, 1.54) is 19.3 Å². The Hall–Kier alpha value is -1.75. The first-order valence-electron chi connectivity index (χ1n) is 8.67. The Labute approximate surface area is 136 Å². The summed E-state index contributed by atoms with van der Waals surface area (Å²) in [6.45, 7) is 1.09. The fraction of sp³-hybridized carbons (Fsp3) is 0.611. The van der Waals surface area contributed by atoms with Crippen LogP contribution in [0.5, 0.6) is 11.5 Å². The summed E-state index contributed by atoms with van der Waals surface area (Å²) in [7, 11) is 0. The summed E-state index contributed by atoms with van der Waals surface area (Å²) < 4.78 is 11.1. The van der Waals surface area contributed by atoms with E-state index in [9.17, 15) is 4.79 Å². The Balaban J connectivity index is 1.49. The van der Waals surface area contributed by atoms with Gasteiger partial charge in [0.15, 0.2) is 11.5 Å². The minimum absolute atomic E-state index is 0.0145. The summed E-state index contributed by atoms with van der Waals surface area (Å²) in [4.78, 5) is 12.7. The van der Waals surface area contributed by atoms with Crippen LogP contribution >= 0.6 is 0 Å². The lowest BCUT2D eigenvalue weighted by Crippen LogP contribution is -2.53. The third kappa shape index (κ3) is 2.90. The van der Waals surface area contributed by atoms with E-state index in [0.29, 0.717) is 48.2 Å². The quantitative estimate of drug-likeness (QED) is 0.876. The van der Waals surface area contributed by atoms with E-state index in [2.05, 4.69) is 5.32 Å². The van der Waals surface area contributed by atoms with Crippen molar-refractivity contribution in [3.8, 4) is 11.5 Å². The van der Waals surface area contributed by atoms with Crippen LogP contribution in [0.2, 0.25) is 0 Å². The highest BCUT2D eigenvalue weighted by Crippen LogP contribution is 2.40. The fourth-order valence-electron chi connectivity index (χ4n) is 4.44. The van der Waals surface area contributed by atoms with Crippen LogP contribution in [0, 0.1) is 11.8 Å². The predicted molar refractivity (Wildman–Crippen MR) is 86.7 cm³/mol. The highest BCUT2D eigenvalue weighted by Gasteiger charge is 2.40. The maximum atomic E-state index is 12.7. The van der Waals surface area contributed by atoms with Crippen LogP contribution in [-0.2, 0) is 0 Å². The van der Waals surface area contributed by atoms with Crippen molar-refractivity contribution in [2.75, 3.05) is 13.2 Å². The lowest BCUT2D eigenvalue weighted by Gasteiger charge is -2.45. The molecule has 2 atom stereocenters. The molecule has 2 aliphatic carbocycles. The third-order valence-electron chi connectivity index (χ3n) is 5.48. The minimum Gasteiger partial charge on any atom is -0.486 e. The average molecular weight is 316 g/mol. The first kappa shape index (κ1) is 14.8. The van der Waals surface area contributed by atoms with Crippen LogP contribution in [0.1, 0.15) is 42.5 Å².